The van der Waals surface area contributed by atoms with Gasteiger partial charge in [0.2, 0.25) is 5.91 Å². The number of anilines is 1. The van der Waals surface area contributed by atoms with E-state index in [0.29, 0.717) is 12.6 Å². The third kappa shape index (κ3) is 3.05. The highest BCUT2D eigenvalue weighted by Gasteiger charge is 2.28. The molecule has 0 saturated heterocycles. The molecule has 0 spiro atoms. The first-order chi connectivity index (χ1) is 10.1. The predicted molar refractivity (Wildman–Crippen MR) is 85.3 cm³/mol. The molecule has 4 nitrogen and oxygen atoms in total. The summed E-state index contributed by atoms with van der Waals surface area (Å²) in [4.78, 5) is 14.5. The summed E-state index contributed by atoms with van der Waals surface area (Å²) in [6, 6.07) is 9.29. The van der Waals surface area contributed by atoms with Crippen LogP contribution in [0.15, 0.2) is 24.3 Å². The van der Waals surface area contributed by atoms with Gasteiger partial charge in [-0.2, -0.15) is 0 Å². The Morgan fingerprint density at radius 1 is 1.38 bits per heavy atom. The Morgan fingerprint density at radius 3 is 2.95 bits per heavy atom. The molecule has 0 bridgehead atoms. The van der Waals surface area contributed by atoms with E-state index in [1.54, 1.807) is 0 Å². The van der Waals surface area contributed by atoms with Crippen LogP contribution < -0.4 is 16.0 Å². The zero-order valence-corrected chi connectivity index (χ0v) is 12.7. The van der Waals surface area contributed by atoms with E-state index >= 15 is 0 Å². The number of para-hydroxylation sites is 1. The second-order valence-electron chi connectivity index (χ2n) is 6.44. The SMILES string of the molecule is CC1Cc2ccccc2N1CCNC(=O)C1CCC(N)C1. The fourth-order valence-corrected chi connectivity index (χ4v) is 3.67. The van der Waals surface area contributed by atoms with Gasteiger partial charge in [0.05, 0.1) is 0 Å². The first kappa shape index (κ1) is 14.4. The standard InChI is InChI=1S/C17H25N3O/c1-12-10-13-4-2-3-5-16(13)20(12)9-8-19-17(21)14-6-7-15(18)11-14/h2-5,12,14-15H,6-11,18H2,1H3,(H,19,21). The third-order valence-electron chi connectivity index (χ3n) is 4.84. The highest BCUT2D eigenvalue weighted by atomic mass is 16.1. The fraction of sp³-hybridized carbons (Fsp3) is 0.588. The number of fused-ring (bicyclic) bond motifs is 1. The second-order valence-corrected chi connectivity index (χ2v) is 6.44. The van der Waals surface area contributed by atoms with Gasteiger partial charge in [-0.05, 0) is 44.2 Å². The summed E-state index contributed by atoms with van der Waals surface area (Å²) in [7, 11) is 0. The van der Waals surface area contributed by atoms with Crippen molar-refractivity contribution in [3.63, 3.8) is 0 Å². The zero-order chi connectivity index (χ0) is 14.8. The van der Waals surface area contributed by atoms with E-state index in [1.807, 2.05) is 0 Å². The van der Waals surface area contributed by atoms with Crippen molar-refractivity contribution in [3.8, 4) is 0 Å². The van der Waals surface area contributed by atoms with E-state index in [4.69, 9.17) is 5.73 Å². The van der Waals surface area contributed by atoms with E-state index in [1.165, 1.54) is 11.3 Å². The molecule has 4 heteroatoms. The van der Waals surface area contributed by atoms with E-state index < -0.39 is 0 Å². The van der Waals surface area contributed by atoms with Gasteiger partial charge in [-0.1, -0.05) is 18.2 Å². The molecule has 1 fully saturated rings. The van der Waals surface area contributed by atoms with Crippen LogP contribution in [0.5, 0.6) is 0 Å². The molecule has 1 aliphatic heterocycles. The van der Waals surface area contributed by atoms with Crippen LogP contribution in [0.25, 0.3) is 0 Å². The smallest absolute Gasteiger partial charge is 0.223 e. The van der Waals surface area contributed by atoms with E-state index in [-0.39, 0.29) is 17.9 Å². The van der Waals surface area contributed by atoms with Crippen LogP contribution in [0, 0.1) is 5.92 Å². The van der Waals surface area contributed by atoms with Gasteiger partial charge < -0.3 is 16.0 Å². The number of nitrogens with zero attached hydrogens (tertiary/aromatic N) is 1. The fourth-order valence-electron chi connectivity index (χ4n) is 3.67. The summed E-state index contributed by atoms with van der Waals surface area (Å²) < 4.78 is 0. The van der Waals surface area contributed by atoms with E-state index in [9.17, 15) is 4.79 Å². The molecule has 3 unspecified atom stereocenters. The maximum atomic E-state index is 12.1. The van der Waals surface area contributed by atoms with Gasteiger partial charge in [0.15, 0.2) is 0 Å². The lowest BCUT2D eigenvalue weighted by Gasteiger charge is -2.25. The molecule has 2 aliphatic rings. The Hall–Kier alpha value is -1.55. The van der Waals surface area contributed by atoms with Crippen molar-refractivity contribution in [2.45, 2.75) is 44.7 Å². The number of carbonyl (C=O) groups is 1. The van der Waals surface area contributed by atoms with Crippen LogP contribution in [-0.2, 0) is 11.2 Å². The number of benzene rings is 1. The molecule has 114 valence electrons. The van der Waals surface area contributed by atoms with Crippen molar-refractivity contribution in [1.82, 2.24) is 5.32 Å². The number of carbonyl (C=O) groups excluding carboxylic acids is 1. The molecule has 1 aromatic rings. The van der Waals surface area contributed by atoms with Crippen LogP contribution in [0.2, 0.25) is 0 Å². The minimum absolute atomic E-state index is 0.128. The molecule has 3 atom stereocenters. The lowest BCUT2D eigenvalue weighted by atomic mass is 10.1. The topological polar surface area (TPSA) is 58.4 Å². The number of amides is 1. The quantitative estimate of drug-likeness (QED) is 0.886. The summed E-state index contributed by atoms with van der Waals surface area (Å²) in [6.45, 7) is 3.84. The molecule has 0 radical (unpaired) electrons. The second kappa shape index (κ2) is 6.06. The molecule has 1 heterocycles. The Labute approximate surface area is 126 Å². The average Bonchev–Trinajstić information content (AvgIpc) is 3.03. The molecule has 3 rings (SSSR count). The van der Waals surface area contributed by atoms with Crippen LogP contribution in [0.4, 0.5) is 5.69 Å². The van der Waals surface area contributed by atoms with Crippen molar-refractivity contribution < 1.29 is 4.79 Å². The monoisotopic (exact) mass is 287 g/mol. The maximum Gasteiger partial charge on any atom is 0.223 e. The lowest BCUT2D eigenvalue weighted by Crippen LogP contribution is -2.39. The minimum Gasteiger partial charge on any atom is -0.367 e. The summed E-state index contributed by atoms with van der Waals surface area (Å²) in [5.41, 5.74) is 8.61. The largest absolute Gasteiger partial charge is 0.367 e. The Bertz CT molecular complexity index is 517. The van der Waals surface area contributed by atoms with Crippen LogP contribution in [-0.4, -0.2) is 31.1 Å². The highest BCUT2D eigenvalue weighted by molar-refractivity contribution is 5.79. The van der Waals surface area contributed by atoms with E-state index in [2.05, 4.69) is 41.4 Å². The van der Waals surface area contributed by atoms with Crippen molar-refractivity contribution in [2.24, 2.45) is 11.7 Å². The molecule has 21 heavy (non-hydrogen) atoms. The number of hydrogen-bond acceptors (Lipinski definition) is 3. The van der Waals surface area contributed by atoms with Crippen LogP contribution in [0.3, 0.4) is 0 Å². The number of hydrogen-bond donors (Lipinski definition) is 2. The number of rotatable bonds is 4. The van der Waals surface area contributed by atoms with Crippen molar-refractivity contribution in [2.75, 3.05) is 18.0 Å². The van der Waals surface area contributed by atoms with Gasteiger partial charge >= 0.3 is 0 Å². The average molecular weight is 287 g/mol. The maximum absolute atomic E-state index is 12.1. The molecule has 1 amide bonds. The van der Waals surface area contributed by atoms with E-state index in [0.717, 1.165) is 32.2 Å². The lowest BCUT2D eigenvalue weighted by molar-refractivity contribution is -0.124. The van der Waals surface area contributed by atoms with Gasteiger partial charge in [0, 0.05) is 36.8 Å². The first-order valence-corrected chi connectivity index (χ1v) is 8.03. The highest BCUT2D eigenvalue weighted by Crippen LogP contribution is 2.31. The summed E-state index contributed by atoms with van der Waals surface area (Å²) in [5.74, 6) is 0.311. The van der Waals surface area contributed by atoms with Crippen LogP contribution in [0.1, 0.15) is 31.7 Å². The predicted octanol–water partition coefficient (Wildman–Crippen LogP) is 1.68. The Balaban J connectivity index is 1.51. The number of nitrogens with two attached hydrogens (primary N) is 1. The summed E-state index contributed by atoms with van der Waals surface area (Å²) in [5, 5.41) is 3.09. The zero-order valence-electron chi connectivity index (χ0n) is 12.7. The normalized spacial score (nSPS) is 27.7. The van der Waals surface area contributed by atoms with Gasteiger partial charge in [0.25, 0.3) is 0 Å². The number of nitrogens with one attached hydrogen (secondary N) is 1. The molecule has 1 aromatic carbocycles. The van der Waals surface area contributed by atoms with Crippen LogP contribution >= 0.6 is 0 Å². The van der Waals surface area contributed by atoms with Crippen molar-refractivity contribution >= 4 is 11.6 Å². The molecular weight excluding hydrogens is 262 g/mol. The van der Waals surface area contributed by atoms with Crippen molar-refractivity contribution in [3.05, 3.63) is 29.8 Å². The van der Waals surface area contributed by atoms with Gasteiger partial charge in [-0.15, -0.1) is 0 Å². The summed E-state index contributed by atoms with van der Waals surface area (Å²) >= 11 is 0. The van der Waals surface area contributed by atoms with Gasteiger partial charge in [0.1, 0.15) is 0 Å². The minimum atomic E-state index is 0.128. The summed E-state index contributed by atoms with van der Waals surface area (Å²) in [6.07, 6.45) is 3.86. The Kier molecular flexibility index (Phi) is 4.15. The molecule has 0 aromatic heterocycles. The molecule has 1 aliphatic carbocycles. The third-order valence-corrected chi connectivity index (χ3v) is 4.84. The Morgan fingerprint density at radius 2 is 2.19 bits per heavy atom. The first-order valence-electron chi connectivity index (χ1n) is 8.03. The van der Waals surface area contributed by atoms with Crippen molar-refractivity contribution in [1.29, 1.82) is 0 Å². The molecular formula is C17H25N3O. The molecule has 1 saturated carbocycles. The van der Waals surface area contributed by atoms with Gasteiger partial charge in [-0.25, -0.2) is 0 Å². The molecule has 3 N–H and O–H groups in total. The van der Waals surface area contributed by atoms with Gasteiger partial charge in [-0.3, -0.25) is 4.79 Å².